The molecular formula is C19H26N3O3+. The van der Waals surface area contributed by atoms with Crippen LogP contribution in [-0.2, 0) is 9.59 Å². The van der Waals surface area contributed by atoms with Gasteiger partial charge >= 0.3 is 0 Å². The minimum atomic E-state index is -1.20. The van der Waals surface area contributed by atoms with Crippen LogP contribution in [0.2, 0.25) is 0 Å². The number of nitrogens with two attached hydrogens (primary N) is 1. The first-order valence-electron chi connectivity index (χ1n) is 8.57. The zero-order chi connectivity index (χ0) is 18.2. The van der Waals surface area contributed by atoms with Crippen LogP contribution in [0.1, 0.15) is 12.8 Å². The molecular weight excluding hydrogens is 318 g/mol. The Balaban J connectivity index is 1.90. The van der Waals surface area contributed by atoms with Crippen molar-refractivity contribution in [3.05, 3.63) is 42.5 Å². The van der Waals surface area contributed by atoms with Crippen molar-refractivity contribution in [1.29, 1.82) is 0 Å². The molecule has 6 nitrogen and oxygen atoms in total. The highest BCUT2D eigenvalue weighted by Gasteiger charge is 2.18. The second kappa shape index (κ2) is 9.15. The number of nitrogens with one attached hydrogen (secondary N) is 2. The predicted octanol–water partition coefficient (Wildman–Crippen LogP) is -1.62. The molecule has 2 aromatic carbocycles. The van der Waals surface area contributed by atoms with E-state index in [1.807, 2.05) is 56.6 Å². The van der Waals surface area contributed by atoms with Gasteiger partial charge in [0.05, 0.1) is 39.6 Å². The minimum Gasteiger partial charge on any atom is -0.544 e. The van der Waals surface area contributed by atoms with E-state index in [9.17, 15) is 14.7 Å². The molecule has 0 radical (unpaired) electrons. The molecule has 0 aliphatic rings. The number of aliphatic carboxylic acids is 1. The Morgan fingerprint density at radius 1 is 1.16 bits per heavy atom. The standard InChI is InChI=1S/C19H25N3O3/c1-22(2)11-5-10-20-17(19(24)25)13-18(23)21-16-9-8-14-6-3-4-7-15(14)12-16/h3-4,6-9,12,17,20H,5,10-11,13H2,1-2H3,(H,21,23)(H,24,25)/p+1/t17-/m1/s1. The highest BCUT2D eigenvalue weighted by Crippen LogP contribution is 2.18. The van der Waals surface area contributed by atoms with Crippen molar-refractivity contribution >= 4 is 28.3 Å². The number of amides is 1. The summed E-state index contributed by atoms with van der Waals surface area (Å²) >= 11 is 0. The van der Waals surface area contributed by atoms with E-state index >= 15 is 0 Å². The maximum absolute atomic E-state index is 12.2. The van der Waals surface area contributed by atoms with Gasteiger partial charge < -0.3 is 25.4 Å². The maximum atomic E-state index is 12.2. The van der Waals surface area contributed by atoms with Crippen molar-refractivity contribution in [1.82, 2.24) is 0 Å². The van der Waals surface area contributed by atoms with Gasteiger partial charge in [0.25, 0.3) is 0 Å². The quantitative estimate of drug-likeness (QED) is 0.478. The second-order valence-corrected chi connectivity index (χ2v) is 6.57. The molecule has 0 fully saturated rings. The Hall–Kier alpha value is -2.44. The molecule has 0 unspecified atom stereocenters. The average Bonchev–Trinajstić information content (AvgIpc) is 2.57. The Morgan fingerprint density at radius 2 is 1.88 bits per heavy atom. The normalized spacial score (nSPS) is 12.3. The number of carboxylic acids is 1. The van der Waals surface area contributed by atoms with E-state index in [2.05, 4.69) is 5.32 Å². The summed E-state index contributed by atoms with van der Waals surface area (Å²) in [5.41, 5.74) is 0.664. The molecule has 0 bridgehead atoms. The average molecular weight is 344 g/mol. The number of benzene rings is 2. The number of quaternary nitrogens is 2. The van der Waals surface area contributed by atoms with Crippen LogP contribution in [0.4, 0.5) is 5.69 Å². The van der Waals surface area contributed by atoms with Gasteiger partial charge in [0.2, 0.25) is 5.91 Å². The molecule has 0 aliphatic heterocycles. The molecule has 6 heteroatoms. The summed E-state index contributed by atoms with van der Waals surface area (Å²) in [7, 11) is 4.10. The van der Waals surface area contributed by atoms with Gasteiger partial charge in [-0.2, -0.15) is 0 Å². The first-order valence-corrected chi connectivity index (χ1v) is 8.57. The highest BCUT2D eigenvalue weighted by molar-refractivity contribution is 5.96. The summed E-state index contributed by atoms with van der Waals surface area (Å²) in [6, 6.07) is 12.6. The number of rotatable bonds is 9. The molecule has 0 aliphatic carbocycles. The smallest absolute Gasteiger partial charge is 0.230 e. The van der Waals surface area contributed by atoms with E-state index in [1.165, 1.54) is 4.90 Å². The fourth-order valence-corrected chi connectivity index (χ4v) is 2.72. The third-order valence-corrected chi connectivity index (χ3v) is 4.07. The fourth-order valence-electron chi connectivity index (χ4n) is 2.72. The molecule has 25 heavy (non-hydrogen) atoms. The van der Waals surface area contributed by atoms with E-state index in [-0.39, 0.29) is 12.3 Å². The number of carbonyl (C=O) groups excluding carboxylic acids is 2. The van der Waals surface area contributed by atoms with Gasteiger partial charge in [-0.05, 0) is 22.9 Å². The third kappa shape index (κ3) is 6.17. The Labute approximate surface area is 147 Å². The van der Waals surface area contributed by atoms with E-state index in [4.69, 9.17) is 0 Å². The van der Waals surface area contributed by atoms with Crippen LogP contribution < -0.4 is 20.6 Å². The minimum absolute atomic E-state index is 0.107. The first kappa shape index (κ1) is 18.9. The van der Waals surface area contributed by atoms with Gasteiger partial charge in [-0.1, -0.05) is 30.3 Å². The van der Waals surface area contributed by atoms with Crippen LogP contribution in [0.5, 0.6) is 0 Å². The molecule has 1 amide bonds. The Kier molecular flexibility index (Phi) is 6.91. The SMILES string of the molecule is C[NH+](C)CCC[NH2+][C@H](CC(=O)Nc1ccc2ccccc2c1)C(=O)[O-]. The molecule has 2 aromatic rings. The lowest BCUT2D eigenvalue weighted by Crippen LogP contribution is -3.06. The number of anilines is 1. The fraction of sp³-hybridized carbons (Fsp3) is 0.368. The molecule has 1 atom stereocenters. The van der Waals surface area contributed by atoms with Crippen molar-refractivity contribution in [3.63, 3.8) is 0 Å². The Morgan fingerprint density at radius 3 is 2.56 bits per heavy atom. The van der Waals surface area contributed by atoms with Gasteiger partial charge in [0, 0.05) is 12.1 Å². The van der Waals surface area contributed by atoms with Crippen LogP contribution in [0.3, 0.4) is 0 Å². The summed E-state index contributed by atoms with van der Waals surface area (Å²) in [6.07, 6.45) is 0.780. The third-order valence-electron chi connectivity index (χ3n) is 4.07. The molecule has 4 N–H and O–H groups in total. The lowest BCUT2D eigenvalue weighted by Gasteiger charge is -2.17. The molecule has 134 valence electrons. The van der Waals surface area contributed by atoms with Crippen molar-refractivity contribution in [2.75, 3.05) is 32.5 Å². The summed E-state index contributed by atoms with van der Waals surface area (Å²) in [6.45, 7) is 1.62. The number of fused-ring (bicyclic) bond motifs is 1. The van der Waals surface area contributed by atoms with Crippen LogP contribution in [-0.4, -0.2) is 45.1 Å². The van der Waals surface area contributed by atoms with E-state index in [1.54, 1.807) is 5.32 Å². The van der Waals surface area contributed by atoms with Crippen molar-refractivity contribution in [2.45, 2.75) is 18.9 Å². The van der Waals surface area contributed by atoms with Crippen molar-refractivity contribution < 1.29 is 24.9 Å². The van der Waals surface area contributed by atoms with Crippen LogP contribution in [0.25, 0.3) is 10.8 Å². The molecule has 0 heterocycles. The number of carboxylic acid groups (broad SMARTS) is 1. The maximum Gasteiger partial charge on any atom is 0.230 e. The predicted molar refractivity (Wildman–Crippen MR) is 95.1 cm³/mol. The summed E-state index contributed by atoms with van der Waals surface area (Å²) in [5.74, 6) is -1.52. The second-order valence-electron chi connectivity index (χ2n) is 6.57. The number of hydrogen-bond acceptors (Lipinski definition) is 3. The highest BCUT2D eigenvalue weighted by atomic mass is 16.4. The molecule has 0 aromatic heterocycles. The lowest BCUT2D eigenvalue weighted by molar-refractivity contribution is -0.860. The molecule has 0 saturated heterocycles. The largest absolute Gasteiger partial charge is 0.544 e. The van der Waals surface area contributed by atoms with Crippen LogP contribution in [0, 0.1) is 0 Å². The first-order chi connectivity index (χ1) is 12.0. The van der Waals surface area contributed by atoms with Crippen LogP contribution >= 0.6 is 0 Å². The molecule has 0 saturated carbocycles. The number of hydrogen-bond donors (Lipinski definition) is 3. The van der Waals surface area contributed by atoms with E-state index < -0.39 is 12.0 Å². The lowest BCUT2D eigenvalue weighted by atomic mass is 10.1. The molecule has 0 spiro atoms. The van der Waals surface area contributed by atoms with Gasteiger partial charge in [0.1, 0.15) is 6.04 Å². The summed E-state index contributed by atoms with van der Waals surface area (Å²) in [4.78, 5) is 24.8. The summed E-state index contributed by atoms with van der Waals surface area (Å²) < 4.78 is 0. The van der Waals surface area contributed by atoms with Crippen molar-refractivity contribution in [2.24, 2.45) is 0 Å². The number of carbonyl (C=O) groups is 2. The van der Waals surface area contributed by atoms with Gasteiger partial charge in [0.15, 0.2) is 0 Å². The van der Waals surface area contributed by atoms with Gasteiger partial charge in [-0.3, -0.25) is 4.79 Å². The van der Waals surface area contributed by atoms with Crippen molar-refractivity contribution in [3.8, 4) is 0 Å². The summed E-state index contributed by atoms with van der Waals surface area (Å²) in [5, 5.41) is 17.8. The van der Waals surface area contributed by atoms with E-state index in [0.29, 0.717) is 12.2 Å². The zero-order valence-corrected chi connectivity index (χ0v) is 14.7. The van der Waals surface area contributed by atoms with Gasteiger partial charge in [-0.25, -0.2) is 0 Å². The Bertz CT molecular complexity index is 731. The van der Waals surface area contributed by atoms with Crippen LogP contribution in [0.15, 0.2) is 42.5 Å². The van der Waals surface area contributed by atoms with Gasteiger partial charge in [-0.15, -0.1) is 0 Å². The molecule has 2 rings (SSSR count). The zero-order valence-electron chi connectivity index (χ0n) is 14.7. The van der Waals surface area contributed by atoms with E-state index in [0.717, 1.165) is 23.7 Å². The monoisotopic (exact) mass is 344 g/mol. The topological polar surface area (TPSA) is 90.3 Å².